The molecule has 6 heteroatoms. The lowest BCUT2D eigenvalue weighted by atomic mass is 10.0. The van der Waals surface area contributed by atoms with E-state index in [1.165, 1.54) is 6.07 Å². The molecule has 0 aromatic heterocycles. The maximum Gasteiger partial charge on any atom is 0.276 e. The minimum absolute atomic E-state index is 0.0953. The fourth-order valence-electron chi connectivity index (χ4n) is 2.17. The van der Waals surface area contributed by atoms with Crippen LogP contribution in [-0.2, 0) is 6.42 Å². The minimum atomic E-state index is -0.365. The van der Waals surface area contributed by atoms with Gasteiger partial charge in [-0.2, -0.15) is 0 Å². The summed E-state index contributed by atoms with van der Waals surface area (Å²) in [5.74, 6) is 1.05. The fraction of sp³-hybridized carbons (Fsp3) is 0.538. The molecule has 1 aromatic carbocycles. The van der Waals surface area contributed by atoms with Crippen LogP contribution < -0.4 is 14.8 Å². The largest absolute Gasteiger partial charge is 0.486 e. The van der Waals surface area contributed by atoms with Crippen molar-refractivity contribution >= 4 is 5.69 Å². The molecule has 0 aliphatic carbocycles. The first-order valence-electron chi connectivity index (χ1n) is 6.39. The lowest BCUT2D eigenvalue weighted by molar-refractivity contribution is -0.385. The van der Waals surface area contributed by atoms with E-state index in [1.807, 2.05) is 14.0 Å². The normalized spacial score (nSPS) is 15.1. The number of fused-ring (bicyclic) bond motifs is 1. The summed E-state index contributed by atoms with van der Waals surface area (Å²) in [5, 5.41) is 14.3. The molecule has 0 amide bonds. The molecule has 0 fully saturated rings. The van der Waals surface area contributed by atoms with Crippen LogP contribution in [0.2, 0.25) is 0 Å². The van der Waals surface area contributed by atoms with Crippen molar-refractivity contribution in [3.05, 3.63) is 27.8 Å². The van der Waals surface area contributed by atoms with Crippen LogP contribution in [0.5, 0.6) is 11.5 Å². The van der Waals surface area contributed by atoms with Gasteiger partial charge in [-0.05, 0) is 26.0 Å². The van der Waals surface area contributed by atoms with Crippen molar-refractivity contribution in [3.8, 4) is 11.5 Å². The monoisotopic (exact) mass is 266 g/mol. The third-order valence-electron chi connectivity index (χ3n) is 3.31. The van der Waals surface area contributed by atoms with E-state index >= 15 is 0 Å². The summed E-state index contributed by atoms with van der Waals surface area (Å²) in [6, 6.07) is 3.40. The van der Waals surface area contributed by atoms with Crippen LogP contribution in [0.15, 0.2) is 12.1 Å². The smallest absolute Gasteiger partial charge is 0.276 e. The molecule has 2 rings (SSSR count). The first-order valence-corrected chi connectivity index (χ1v) is 6.39. The van der Waals surface area contributed by atoms with Crippen molar-refractivity contribution in [1.29, 1.82) is 0 Å². The van der Waals surface area contributed by atoms with Crippen molar-refractivity contribution in [1.82, 2.24) is 5.32 Å². The Balaban J connectivity index is 2.36. The highest BCUT2D eigenvalue weighted by Gasteiger charge is 2.23. The summed E-state index contributed by atoms with van der Waals surface area (Å²) in [6.07, 6.45) is 1.50. The van der Waals surface area contributed by atoms with Crippen LogP contribution in [0.25, 0.3) is 0 Å². The summed E-state index contributed by atoms with van der Waals surface area (Å²) < 4.78 is 10.9. The first kappa shape index (κ1) is 13.6. The fourth-order valence-corrected chi connectivity index (χ4v) is 2.17. The molecule has 1 atom stereocenters. The molecule has 0 saturated heterocycles. The molecule has 1 aliphatic rings. The number of ether oxygens (including phenoxy) is 2. The van der Waals surface area contributed by atoms with Gasteiger partial charge in [0.05, 0.1) is 11.0 Å². The number of benzene rings is 1. The van der Waals surface area contributed by atoms with Crippen molar-refractivity contribution in [2.75, 3.05) is 20.3 Å². The number of hydrogen-bond donors (Lipinski definition) is 1. The van der Waals surface area contributed by atoms with Crippen molar-refractivity contribution in [2.24, 2.45) is 0 Å². The zero-order chi connectivity index (χ0) is 13.8. The van der Waals surface area contributed by atoms with Gasteiger partial charge in [0.2, 0.25) is 0 Å². The third kappa shape index (κ3) is 2.96. The van der Waals surface area contributed by atoms with E-state index in [2.05, 4.69) is 5.32 Å². The third-order valence-corrected chi connectivity index (χ3v) is 3.31. The van der Waals surface area contributed by atoms with E-state index < -0.39 is 0 Å². The van der Waals surface area contributed by atoms with Gasteiger partial charge in [0.15, 0.2) is 11.5 Å². The van der Waals surface area contributed by atoms with Crippen LogP contribution >= 0.6 is 0 Å². The van der Waals surface area contributed by atoms with Gasteiger partial charge in [-0.3, -0.25) is 10.1 Å². The Labute approximate surface area is 111 Å². The van der Waals surface area contributed by atoms with Crippen molar-refractivity contribution in [2.45, 2.75) is 25.8 Å². The Morgan fingerprint density at radius 2 is 2.00 bits per heavy atom. The predicted octanol–water partition coefficient (Wildman–Crippen LogP) is 1.91. The molecular weight excluding hydrogens is 248 g/mol. The Kier molecular flexibility index (Phi) is 4.21. The molecule has 0 spiro atoms. The standard InChI is InChI=1S/C13H18N2O4/c1-3-10(14-2)6-9-7-12-13(19-5-4-18-12)8-11(9)15(16)17/h7-8,10,14H,3-6H2,1-2H3. The van der Waals surface area contributed by atoms with Crippen LogP contribution in [-0.4, -0.2) is 31.2 Å². The molecule has 1 unspecified atom stereocenters. The van der Waals surface area contributed by atoms with E-state index in [-0.39, 0.29) is 16.7 Å². The Hall–Kier alpha value is -1.82. The SMILES string of the molecule is CCC(Cc1cc2c(cc1[N+](=O)[O-])OCCO2)NC. The average molecular weight is 266 g/mol. The molecule has 1 heterocycles. The lowest BCUT2D eigenvalue weighted by Gasteiger charge is -2.20. The van der Waals surface area contributed by atoms with Gasteiger partial charge < -0.3 is 14.8 Å². The molecular formula is C13H18N2O4. The topological polar surface area (TPSA) is 73.6 Å². The molecule has 104 valence electrons. The van der Waals surface area contributed by atoms with Gasteiger partial charge in [-0.1, -0.05) is 6.92 Å². The van der Waals surface area contributed by atoms with Crippen molar-refractivity contribution < 1.29 is 14.4 Å². The van der Waals surface area contributed by atoms with Gasteiger partial charge in [0, 0.05) is 11.6 Å². The first-order chi connectivity index (χ1) is 9.15. The summed E-state index contributed by atoms with van der Waals surface area (Å²) in [4.78, 5) is 10.8. The molecule has 19 heavy (non-hydrogen) atoms. The number of nitrogens with zero attached hydrogens (tertiary/aromatic N) is 1. The lowest BCUT2D eigenvalue weighted by Crippen LogP contribution is -2.27. The molecule has 0 bridgehead atoms. The Morgan fingerprint density at radius 3 is 2.53 bits per heavy atom. The maximum atomic E-state index is 11.2. The zero-order valence-corrected chi connectivity index (χ0v) is 11.1. The van der Waals surface area contributed by atoms with E-state index in [0.29, 0.717) is 36.7 Å². The van der Waals surface area contributed by atoms with Gasteiger partial charge in [-0.25, -0.2) is 0 Å². The highest BCUT2D eigenvalue weighted by molar-refractivity contribution is 5.55. The van der Waals surface area contributed by atoms with E-state index in [9.17, 15) is 10.1 Å². The molecule has 1 aliphatic heterocycles. The average Bonchev–Trinajstić information content (AvgIpc) is 2.43. The number of rotatable bonds is 5. The minimum Gasteiger partial charge on any atom is -0.486 e. The molecule has 0 radical (unpaired) electrons. The van der Waals surface area contributed by atoms with Crippen LogP contribution in [0.4, 0.5) is 5.69 Å². The Bertz CT molecular complexity index is 472. The van der Waals surface area contributed by atoms with E-state index in [4.69, 9.17) is 9.47 Å². The highest BCUT2D eigenvalue weighted by atomic mass is 16.6. The highest BCUT2D eigenvalue weighted by Crippen LogP contribution is 2.37. The number of likely N-dealkylation sites (N-methyl/N-ethyl adjacent to an activating group) is 1. The Morgan fingerprint density at radius 1 is 1.37 bits per heavy atom. The van der Waals surface area contributed by atoms with Gasteiger partial charge in [0.1, 0.15) is 13.2 Å². The second-order valence-corrected chi connectivity index (χ2v) is 4.48. The predicted molar refractivity (Wildman–Crippen MR) is 70.9 cm³/mol. The summed E-state index contributed by atoms with van der Waals surface area (Å²) >= 11 is 0. The van der Waals surface area contributed by atoms with Crippen LogP contribution in [0, 0.1) is 10.1 Å². The second-order valence-electron chi connectivity index (χ2n) is 4.48. The van der Waals surface area contributed by atoms with Gasteiger partial charge in [-0.15, -0.1) is 0 Å². The van der Waals surface area contributed by atoms with Crippen molar-refractivity contribution in [3.63, 3.8) is 0 Å². The quantitative estimate of drug-likeness (QED) is 0.651. The number of nitro benzene ring substituents is 1. The summed E-state index contributed by atoms with van der Waals surface area (Å²) in [5.41, 5.74) is 0.772. The number of hydrogen-bond acceptors (Lipinski definition) is 5. The summed E-state index contributed by atoms with van der Waals surface area (Å²) in [7, 11) is 1.86. The zero-order valence-electron chi connectivity index (χ0n) is 11.1. The van der Waals surface area contributed by atoms with Gasteiger partial charge >= 0.3 is 0 Å². The van der Waals surface area contributed by atoms with E-state index in [0.717, 1.165) is 6.42 Å². The summed E-state index contributed by atoms with van der Waals surface area (Å²) in [6.45, 7) is 2.95. The molecule has 1 N–H and O–H groups in total. The van der Waals surface area contributed by atoms with Gasteiger partial charge in [0.25, 0.3) is 5.69 Å². The van der Waals surface area contributed by atoms with E-state index in [1.54, 1.807) is 6.07 Å². The molecule has 0 saturated carbocycles. The van der Waals surface area contributed by atoms with Crippen LogP contribution in [0.3, 0.4) is 0 Å². The maximum absolute atomic E-state index is 11.2. The number of nitrogens with one attached hydrogen (secondary N) is 1. The number of nitro groups is 1. The molecule has 1 aromatic rings. The molecule has 6 nitrogen and oxygen atoms in total. The van der Waals surface area contributed by atoms with Crippen LogP contribution in [0.1, 0.15) is 18.9 Å². The second kappa shape index (κ2) is 5.88.